The third-order valence-electron chi connectivity index (χ3n) is 5.07. The van der Waals surface area contributed by atoms with Gasteiger partial charge in [0.2, 0.25) is 0 Å². The highest BCUT2D eigenvalue weighted by Gasteiger charge is 2.21. The Balaban J connectivity index is 1.45. The van der Waals surface area contributed by atoms with Crippen LogP contribution in [0.1, 0.15) is 17.0 Å². The molecule has 3 aromatic rings. The van der Waals surface area contributed by atoms with Gasteiger partial charge in [-0.3, -0.25) is 9.88 Å². The third-order valence-corrected chi connectivity index (χ3v) is 5.07. The molecule has 1 aromatic carbocycles. The molecule has 2 aromatic heterocycles. The maximum absolute atomic E-state index is 4.77. The summed E-state index contributed by atoms with van der Waals surface area (Å²) >= 11 is 0. The second kappa shape index (κ2) is 7.25. The number of anilines is 1. The van der Waals surface area contributed by atoms with Crippen LogP contribution in [0.5, 0.6) is 0 Å². The van der Waals surface area contributed by atoms with Crippen LogP contribution < -0.4 is 4.90 Å². The summed E-state index contributed by atoms with van der Waals surface area (Å²) in [7, 11) is 0. The maximum Gasteiger partial charge on any atom is 0.147 e. The van der Waals surface area contributed by atoms with Gasteiger partial charge in [-0.25, -0.2) is 9.67 Å². The van der Waals surface area contributed by atoms with Crippen molar-refractivity contribution in [1.29, 1.82) is 0 Å². The predicted octanol–water partition coefficient (Wildman–Crippen LogP) is 2.60. The molecule has 26 heavy (non-hydrogen) atoms. The van der Waals surface area contributed by atoms with Gasteiger partial charge in [0.15, 0.2) is 0 Å². The number of aromatic nitrogens is 4. The second-order valence-electron chi connectivity index (χ2n) is 6.72. The van der Waals surface area contributed by atoms with Crippen molar-refractivity contribution in [2.24, 2.45) is 0 Å². The van der Waals surface area contributed by atoms with E-state index >= 15 is 0 Å². The average molecular weight is 348 g/mol. The summed E-state index contributed by atoms with van der Waals surface area (Å²) in [6, 6.07) is 10.3. The fraction of sp³-hybridized carbons (Fsp3) is 0.350. The van der Waals surface area contributed by atoms with Crippen LogP contribution in [0.2, 0.25) is 0 Å². The highest BCUT2D eigenvalue weighted by molar-refractivity contribution is 5.38. The molecule has 0 saturated carbocycles. The molecule has 6 heteroatoms. The van der Waals surface area contributed by atoms with Gasteiger partial charge in [-0.05, 0) is 26.0 Å². The van der Waals surface area contributed by atoms with E-state index in [9.17, 15) is 0 Å². The molecule has 0 unspecified atom stereocenters. The van der Waals surface area contributed by atoms with Crippen molar-refractivity contribution < 1.29 is 0 Å². The molecule has 1 aliphatic heterocycles. The highest BCUT2D eigenvalue weighted by Crippen LogP contribution is 2.21. The van der Waals surface area contributed by atoms with Crippen molar-refractivity contribution in [3.63, 3.8) is 0 Å². The van der Waals surface area contributed by atoms with Crippen molar-refractivity contribution in [1.82, 2.24) is 24.6 Å². The fourth-order valence-corrected chi connectivity index (χ4v) is 3.54. The smallest absolute Gasteiger partial charge is 0.147 e. The van der Waals surface area contributed by atoms with E-state index in [-0.39, 0.29) is 0 Å². The van der Waals surface area contributed by atoms with Gasteiger partial charge in [-0.1, -0.05) is 18.2 Å². The van der Waals surface area contributed by atoms with Crippen LogP contribution in [0, 0.1) is 13.8 Å². The zero-order valence-electron chi connectivity index (χ0n) is 15.3. The van der Waals surface area contributed by atoms with Gasteiger partial charge in [0, 0.05) is 56.4 Å². The number of benzene rings is 1. The van der Waals surface area contributed by atoms with E-state index in [0.29, 0.717) is 0 Å². The topological polar surface area (TPSA) is 50.1 Å². The minimum Gasteiger partial charge on any atom is -0.353 e. The molecule has 4 rings (SSSR count). The molecule has 3 heterocycles. The van der Waals surface area contributed by atoms with Gasteiger partial charge in [0.05, 0.1) is 17.6 Å². The lowest BCUT2D eigenvalue weighted by Gasteiger charge is -2.35. The molecule has 1 fully saturated rings. The van der Waals surface area contributed by atoms with Crippen molar-refractivity contribution in [3.05, 3.63) is 65.9 Å². The van der Waals surface area contributed by atoms with Gasteiger partial charge in [-0.15, -0.1) is 0 Å². The van der Waals surface area contributed by atoms with E-state index in [1.807, 2.05) is 12.3 Å². The quantitative estimate of drug-likeness (QED) is 0.725. The largest absolute Gasteiger partial charge is 0.353 e. The highest BCUT2D eigenvalue weighted by atomic mass is 15.3. The van der Waals surface area contributed by atoms with Crippen molar-refractivity contribution >= 4 is 5.82 Å². The fourth-order valence-electron chi connectivity index (χ4n) is 3.54. The first-order valence-electron chi connectivity index (χ1n) is 9.06. The van der Waals surface area contributed by atoms with Gasteiger partial charge in [0.1, 0.15) is 5.82 Å². The second-order valence-corrected chi connectivity index (χ2v) is 6.72. The molecule has 1 saturated heterocycles. The standard InChI is InChI=1S/C20H24N6/c1-16-19(17(2)26(23-16)18-6-4-3-5-7-18)15-24-10-12-25(13-11-24)20-14-21-8-9-22-20/h3-9,14H,10-13,15H2,1-2H3. The summed E-state index contributed by atoms with van der Waals surface area (Å²) in [6.45, 7) is 9.21. The summed E-state index contributed by atoms with van der Waals surface area (Å²) in [5.74, 6) is 0.969. The van der Waals surface area contributed by atoms with Crippen LogP contribution in [0.15, 0.2) is 48.9 Å². The first-order chi connectivity index (χ1) is 12.7. The lowest BCUT2D eigenvalue weighted by Crippen LogP contribution is -2.46. The maximum atomic E-state index is 4.77. The van der Waals surface area contributed by atoms with E-state index in [0.717, 1.165) is 49.9 Å². The minimum atomic E-state index is 0.943. The summed E-state index contributed by atoms with van der Waals surface area (Å²) in [6.07, 6.45) is 5.32. The Morgan fingerprint density at radius 3 is 2.42 bits per heavy atom. The van der Waals surface area contributed by atoms with Crippen LogP contribution in [0.25, 0.3) is 5.69 Å². The molecular formula is C20H24N6. The SMILES string of the molecule is Cc1nn(-c2ccccc2)c(C)c1CN1CCN(c2cnccn2)CC1. The van der Waals surface area contributed by atoms with E-state index in [2.05, 4.69) is 62.6 Å². The molecule has 1 aliphatic rings. The van der Waals surface area contributed by atoms with Crippen LogP contribution in [-0.4, -0.2) is 50.8 Å². The molecule has 0 spiro atoms. The Morgan fingerprint density at radius 1 is 0.962 bits per heavy atom. The minimum absolute atomic E-state index is 0.943. The van der Waals surface area contributed by atoms with Crippen LogP contribution in [0.3, 0.4) is 0 Å². The number of hydrogen-bond donors (Lipinski definition) is 0. The van der Waals surface area contributed by atoms with Crippen molar-refractivity contribution in [2.75, 3.05) is 31.1 Å². The van der Waals surface area contributed by atoms with E-state index in [1.54, 1.807) is 12.4 Å². The molecule has 0 amide bonds. The summed E-state index contributed by atoms with van der Waals surface area (Å²) in [4.78, 5) is 13.4. The molecule has 0 N–H and O–H groups in total. The number of rotatable bonds is 4. The Kier molecular flexibility index (Phi) is 4.67. The van der Waals surface area contributed by atoms with Gasteiger partial charge < -0.3 is 4.90 Å². The lowest BCUT2D eigenvalue weighted by molar-refractivity contribution is 0.248. The van der Waals surface area contributed by atoms with E-state index in [4.69, 9.17) is 5.10 Å². The first kappa shape index (κ1) is 16.7. The van der Waals surface area contributed by atoms with E-state index < -0.39 is 0 Å². The van der Waals surface area contributed by atoms with Crippen LogP contribution in [-0.2, 0) is 6.54 Å². The summed E-state index contributed by atoms with van der Waals surface area (Å²) in [5, 5.41) is 4.77. The van der Waals surface area contributed by atoms with Crippen LogP contribution in [0.4, 0.5) is 5.82 Å². The molecule has 134 valence electrons. The van der Waals surface area contributed by atoms with Gasteiger partial charge >= 0.3 is 0 Å². The van der Waals surface area contributed by atoms with Gasteiger partial charge in [0.25, 0.3) is 0 Å². The molecule has 6 nitrogen and oxygen atoms in total. The lowest BCUT2D eigenvalue weighted by atomic mass is 10.1. The first-order valence-corrected chi connectivity index (χ1v) is 9.06. The number of hydrogen-bond acceptors (Lipinski definition) is 5. The predicted molar refractivity (Wildman–Crippen MR) is 103 cm³/mol. The Labute approximate surface area is 154 Å². The average Bonchev–Trinajstić information content (AvgIpc) is 2.98. The summed E-state index contributed by atoms with van der Waals surface area (Å²) in [5.41, 5.74) is 4.79. The molecule has 0 aliphatic carbocycles. The molecular weight excluding hydrogens is 324 g/mol. The normalized spacial score (nSPS) is 15.4. The Bertz CT molecular complexity index is 851. The number of aryl methyl sites for hydroxylation is 1. The zero-order valence-corrected chi connectivity index (χ0v) is 15.3. The molecule has 0 atom stereocenters. The van der Waals surface area contributed by atoms with E-state index in [1.165, 1.54) is 11.3 Å². The number of piperazine rings is 1. The Morgan fingerprint density at radius 2 is 1.73 bits per heavy atom. The zero-order chi connectivity index (χ0) is 17.9. The molecule has 0 radical (unpaired) electrons. The Hall–Kier alpha value is -2.73. The molecule has 0 bridgehead atoms. The summed E-state index contributed by atoms with van der Waals surface area (Å²) < 4.78 is 2.06. The van der Waals surface area contributed by atoms with Gasteiger partial charge in [-0.2, -0.15) is 5.10 Å². The number of para-hydroxylation sites is 1. The van der Waals surface area contributed by atoms with Crippen molar-refractivity contribution in [2.45, 2.75) is 20.4 Å². The van der Waals surface area contributed by atoms with Crippen molar-refractivity contribution in [3.8, 4) is 5.69 Å². The third kappa shape index (κ3) is 3.32. The van der Waals surface area contributed by atoms with Crippen LogP contribution >= 0.6 is 0 Å². The monoisotopic (exact) mass is 348 g/mol. The number of nitrogens with zero attached hydrogens (tertiary/aromatic N) is 6.